The van der Waals surface area contributed by atoms with Gasteiger partial charge in [-0.05, 0) is 43.7 Å². The van der Waals surface area contributed by atoms with Crippen LogP contribution >= 0.6 is 28.1 Å². The van der Waals surface area contributed by atoms with Crippen LogP contribution in [0.15, 0.2) is 28.7 Å². The van der Waals surface area contributed by atoms with Crippen LogP contribution in [0, 0.1) is 0 Å². The molecule has 0 bridgehead atoms. The van der Waals surface area contributed by atoms with Crippen molar-refractivity contribution in [3.8, 4) is 0 Å². The van der Waals surface area contributed by atoms with Gasteiger partial charge in [0.1, 0.15) is 0 Å². The van der Waals surface area contributed by atoms with Crippen LogP contribution in [0.5, 0.6) is 0 Å². The van der Waals surface area contributed by atoms with Crippen molar-refractivity contribution in [3.05, 3.63) is 28.7 Å². The van der Waals surface area contributed by atoms with Crippen LogP contribution in [0.4, 0.5) is 5.69 Å². The fourth-order valence-electron chi connectivity index (χ4n) is 2.26. The quantitative estimate of drug-likeness (QED) is 0.823. The lowest BCUT2D eigenvalue weighted by molar-refractivity contribution is -0.117. The lowest BCUT2D eigenvalue weighted by Gasteiger charge is -2.22. The fourth-order valence-corrected chi connectivity index (χ4v) is 2.79. The van der Waals surface area contributed by atoms with E-state index in [4.69, 9.17) is 18.0 Å². The summed E-state index contributed by atoms with van der Waals surface area (Å²) in [6, 6.07) is 7.56. The van der Waals surface area contributed by atoms with Gasteiger partial charge in [-0.3, -0.25) is 9.69 Å². The third kappa shape index (κ3) is 3.99. The first kappa shape index (κ1) is 14.4. The maximum absolute atomic E-state index is 12.0. The number of benzene rings is 1. The first-order valence-corrected chi connectivity index (χ1v) is 7.35. The van der Waals surface area contributed by atoms with E-state index in [1.807, 2.05) is 29.2 Å². The summed E-state index contributed by atoms with van der Waals surface area (Å²) in [4.78, 5) is 14.5. The first-order valence-electron chi connectivity index (χ1n) is 6.15. The minimum absolute atomic E-state index is 0.0366. The molecule has 1 aromatic rings. The molecule has 1 fully saturated rings. The summed E-state index contributed by atoms with van der Waals surface area (Å²) in [6.45, 7) is 1.20. The van der Waals surface area contributed by atoms with Gasteiger partial charge in [0.25, 0.3) is 0 Å². The van der Waals surface area contributed by atoms with Gasteiger partial charge >= 0.3 is 0 Å². The number of amides is 1. The molecule has 1 heterocycles. The van der Waals surface area contributed by atoms with Crippen LogP contribution in [-0.4, -0.2) is 34.9 Å². The van der Waals surface area contributed by atoms with Crippen LogP contribution in [0.1, 0.15) is 12.8 Å². The molecule has 1 aromatic carbocycles. The molecule has 0 aliphatic carbocycles. The molecule has 2 rings (SSSR count). The number of anilines is 1. The number of likely N-dealkylation sites (tertiary alicyclic amines) is 1. The average molecular weight is 342 g/mol. The number of rotatable bonds is 4. The lowest BCUT2D eigenvalue weighted by atomic mass is 10.2. The van der Waals surface area contributed by atoms with E-state index in [1.165, 1.54) is 0 Å². The first-order chi connectivity index (χ1) is 9.06. The number of nitrogens with one attached hydrogen (secondary N) is 1. The molecule has 1 unspecified atom stereocenters. The molecule has 0 spiro atoms. The molecule has 1 saturated heterocycles. The number of halogens is 1. The molecule has 0 radical (unpaired) electrons. The van der Waals surface area contributed by atoms with E-state index in [2.05, 4.69) is 21.2 Å². The van der Waals surface area contributed by atoms with Crippen molar-refractivity contribution in [2.24, 2.45) is 5.73 Å². The standard InChI is InChI=1S/C13H16BrN3OS/c14-9-3-5-10(6-4-9)16-12(18)8-17-7-1-2-11(17)13(15)19/h3-6,11H,1-2,7-8H2,(H2,15,19)(H,16,18). The molecule has 0 aromatic heterocycles. The summed E-state index contributed by atoms with van der Waals surface area (Å²) in [7, 11) is 0. The second kappa shape index (κ2) is 6.45. The van der Waals surface area contributed by atoms with E-state index in [0.29, 0.717) is 11.5 Å². The van der Waals surface area contributed by atoms with E-state index < -0.39 is 0 Å². The third-order valence-corrected chi connectivity index (χ3v) is 3.97. The Balaban J connectivity index is 1.90. The van der Waals surface area contributed by atoms with Crippen molar-refractivity contribution in [2.45, 2.75) is 18.9 Å². The zero-order valence-electron chi connectivity index (χ0n) is 10.4. The molecular weight excluding hydrogens is 326 g/mol. The van der Waals surface area contributed by atoms with Crippen LogP contribution < -0.4 is 11.1 Å². The Labute approximate surface area is 126 Å². The van der Waals surface area contributed by atoms with Gasteiger partial charge < -0.3 is 11.1 Å². The molecule has 1 atom stereocenters. The summed E-state index contributed by atoms with van der Waals surface area (Å²) >= 11 is 8.39. The molecule has 0 saturated carbocycles. The largest absolute Gasteiger partial charge is 0.392 e. The molecule has 1 amide bonds. The molecule has 3 N–H and O–H groups in total. The number of thiocarbonyl (C=S) groups is 1. The normalized spacial score (nSPS) is 19.3. The zero-order chi connectivity index (χ0) is 13.8. The SMILES string of the molecule is NC(=S)C1CCCN1CC(=O)Nc1ccc(Br)cc1. The van der Waals surface area contributed by atoms with Gasteiger partial charge in [-0.15, -0.1) is 0 Å². The van der Waals surface area contributed by atoms with E-state index in [1.54, 1.807) is 0 Å². The minimum atomic E-state index is -0.0366. The molecule has 1 aliphatic heterocycles. The summed E-state index contributed by atoms with van der Waals surface area (Å²) < 4.78 is 0.985. The van der Waals surface area contributed by atoms with Crippen molar-refractivity contribution in [1.29, 1.82) is 0 Å². The van der Waals surface area contributed by atoms with Crippen LogP contribution in [0.25, 0.3) is 0 Å². The average Bonchev–Trinajstić information content (AvgIpc) is 2.80. The Morgan fingerprint density at radius 3 is 2.79 bits per heavy atom. The summed E-state index contributed by atoms with van der Waals surface area (Å²) in [5.74, 6) is -0.0366. The number of nitrogens with zero attached hydrogens (tertiary/aromatic N) is 1. The topological polar surface area (TPSA) is 58.4 Å². The monoisotopic (exact) mass is 341 g/mol. The van der Waals surface area contributed by atoms with Crippen molar-refractivity contribution in [2.75, 3.05) is 18.4 Å². The van der Waals surface area contributed by atoms with Crippen LogP contribution in [-0.2, 0) is 4.79 Å². The highest BCUT2D eigenvalue weighted by atomic mass is 79.9. The summed E-state index contributed by atoms with van der Waals surface area (Å²) in [5, 5.41) is 2.87. The highest BCUT2D eigenvalue weighted by Gasteiger charge is 2.27. The van der Waals surface area contributed by atoms with Gasteiger partial charge in [0.15, 0.2) is 0 Å². The zero-order valence-corrected chi connectivity index (χ0v) is 12.8. The minimum Gasteiger partial charge on any atom is -0.392 e. The maximum atomic E-state index is 12.0. The predicted molar refractivity (Wildman–Crippen MR) is 84.2 cm³/mol. The Hall–Kier alpha value is -0.980. The van der Waals surface area contributed by atoms with Gasteiger partial charge in [-0.25, -0.2) is 0 Å². The maximum Gasteiger partial charge on any atom is 0.238 e. The second-order valence-electron chi connectivity index (χ2n) is 4.59. The molecule has 19 heavy (non-hydrogen) atoms. The predicted octanol–water partition coefficient (Wildman–Crippen LogP) is 2.14. The Morgan fingerprint density at radius 1 is 1.47 bits per heavy atom. The van der Waals surface area contributed by atoms with Gasteiger partial charge in [-0.1, -0.05) is 28.1 Å². The summed E-state index contributed by atoms with van der Waals surface area (Å²) in [5.41, 5.74) is 6.48. The van der Waals surface area contributed by atoms with E-state index >= 15 is 0 Å². The highest BCUT2D eigenvalue weighted by Crippen LogP contribution is 2.18. The summed E-state index contributed by atoms with van der Waals surface area (Å²) in [6.07, 6.45) is 1.98. The molecule has 6 heteroatoms. The Kier molecular flexibility index (Phi) is 4.90. The second-order valence-corrected chi connectivity index (χ2v) is 5.97. The lowest BCUT2D eigenvalue weighted by Crippen LogP contribution is -2.43. The van der Waals surface area contributed by atoms with Gasteiger partial charge in [0, 0.05) is 10.2 Å². The van der Waals surface area contributed by atoms with Crippen LogP contribution in [0.2, 0.25) is 0 Å². The third-order valence-electron chi connectivity index (χ3n) is 3.17. The van der Waals surface area contributed by atoms with Crippen molar-refractivity contribution in [3.63, 3.8) is 0 Å². The van der Waals surface area contributed by atoms with E-state index in [0.717, 1.165) is 29.5 Å². The van der Waals surface area contributed by atoms with Gasteiger partial charge in [0.05, 0.1) is 17.6 Å². The van der Waals surface area contributed by atoms with Crippen molar-refractivity contribution < 1.29 is 4.79 Å². The number of nitrogens with two attached hydrogens (primary N) is 1. The van der Waals surface area contributed by atoms with Crippen molar-refractivity contribution >= 4 is 44.7 Å². The number of hydrogen-bond acceptors (Lipinski definition) is 3. The number of carbonyl (C=O) groups is 1. The Morgan fingerprint density at radius 2 is 2.16 bits per heavy atom. The number of hydrogen-bond donors (Lipinski definition) is 2. The van der Waals surface area contributed by atoms with E-state index in [9.17, 15) is 4.79 Å². The molecular formula is C13H16BrN3OS. The highest BCUT2D eigenvalue weighted by molar-refractivity contribution is 9.10. The smallest absolute Gasteiger partial charge is 0.238 e. The number of carbonyl (C=O) groups excluding carboxylic acids is 1. The Bertz CT molecular complexity index is 477. The molecule has 4 nitrogen and oxygen atoms in total. The van der Waals surface area contributed by atoms with Crippen LogP contribution in [0.3, 0.4) is 0 Å². The molecule has 1 aliphatic rings. The van der Waals surface area contributed by atoms with Gasteiger partial charge in [0.2, 0.25) is 5.91 Å². The van der Waals surface area contributed by atoms with Gasteiger partial charge in [-0.2, -0.15) is 0 Å². The molecule has 102 valence electrons. The van der Waals surface area contributed by atoms with Crippen molar-refractivity contribution in [1.82, 2.24) is 4.90 Å². The van der Waals surface area contributed by atoms with E-state index in [-0.39, 0.29) is 11.9 Å². The fraction of sp³-hybridized carbons (Fsp3) is 0.385.